The van der Waals surface area contributed by atoms with Crippen molar-refractivity contribution in [3.05, 3.63) is 61.7 Å². The Kier molecular flexibility index (Phi) is 3.50. The minimum Gasteiger partial charge on any atom is -0.459 e. The van der Waals surface area contributed by atoms with Crippen LogP contribution in [0.5, 0.6) is 0 Å². The molecule has 0 amide bonds. The monoisotopic (exact) mass is 419 g/mol. The first kappa shape index (κ1) is 18.7. The zero-order chi connectivity index (χ0) is 21.8. The topological polar surface area (TPSA) is 107 Å². The van der Waals surface area contributed by atoms with E-state index in [0.717, 1.165) is 22.1 Å². The average molecular weight is 419 g/mol. The van der Waals surface area contributed by atoms with E-state index in [4.69, 9.17) is 15.5 Å². The van der Waals surface area contributed by atoms with E-state index in [1.165, 1.54) is 13.9 Å². The maximum atomic E-state index is 14.6. The summed E-state index contributed by atoms with van der Waals surface area (Å²) in [6, 6.07) is 2.81. The summed E-state index contributed by atoms with van der Waals surface area (Å²) >= 11 is 0. The molecule has 6 rings (SSSR count). The maximum Gasteiger partial charge on any atom is 0.333 e. The molecule has 2 atom stereocenters. The fourth-order valence-electron chi connectivity index (χ4n) is 5.34. The Morgan fingerprint density at radius 1 is 1.32 bits per heavy atom. The van der Waals surface area contributed by atoms with Gasteiger partial charge in [-0.1, -0.05) is 0 Å². The number of benzene rings is 1. The third kappa shape index (κ3) is 2.22. The van der Waals surface area contributed by atoms with Crippen LogP contribution < -0.4 is 11.3 Å². The summed E-state index contributed by atoms with van der Waals surface area (Å²) < 4.78 is 21.2. The number of carbonyl (C=O) groups excluding carboxylic acids is 1. The third-order valence-corrected chi connectivity index (χ3v) is 7.05. The second kappa shape index (κ2) is 5.80. The predicted octanol–water partition coefficient (Wildman–Crippen LogP) is 0.654. The second-order valence-corrected chi connectivity index (χ2v) is 8.82. The number of nitrogens with zero attached hydrogens (tertiary/aromatic N) is 2. The number of aliphatic hydroxyl groups is 1. The summed E-state index contributed by atoms with van der Waals surface area (Å²) in [5.41, 5.74) is 9.56. The number of hydrogen-bond acceptors (Lipinski definition) is 6. The molecule has 31 heavy (non-hydrogen) atoms. The number of aryl methyl sites for hydroxylation is 1. The van der Waals surface area contributed by atoms with E-state index >= 15 is 0 Å². The summed E-state index contributed by atoms with van der Waals surface area (Å²) in [4.78, 5) is 30.1. The van der Waals surface area contributed by atoms with E-state index in [9.17, 15) is 19.1 Å². The normalized spacial score (nSPS) is 23.4. The van der Waals surface area contributed by atoms with Crippen LogP contribution in [0.25, 0.3) is 22.3 Å². The molecule has 1 aromatic carbocycles. The van der Waals surface area contributed by atoms with Gasteiger partial charge in [0.1, 0.15) is 17.9 Å². The van der Waals surface area contributed by atoms with Crippen LogP contribution in [0.4, 0.5) is 4.39 Å². The van der Waals surface area contributed by atoms with Crippen LogP contribution in [0.3, 0.4) is 0 Å². The number of ether oxygens (including phenoxy) is 1. The number of cyclic esters (lactones) is 1. The van der Waals surface area contributed by atoms with Gasteiger partial charge in [0, 0.05) is 23.1 Å². The molecular formula is C22H19BFN3O4. The smallest absolute Gasteiger partial charge is 0.333 e. The van der Waals surface area contributed by atoms with Crippen LogP contribution >= 0.6 is 0 Å². The fourth-order valence-corrected chi connectivity index (χ4v) is 5.34. The van der Waals surface area contributed by atoms with Crippen molar-refractivity contribution in [1.82, 2.24) is 9.55 Å². The number of halogens is 1. The minimum absolute atomic E-state index is 0.184. The second-order valence-electron chi connectivity index (χ2n) is 8.82. The van der Waals surface area contributed by atoms with Crippen LogP contribution in [0.15, 0.2) is 16.9 Å². The molecule has 3 aromatic rings. The van der Waals surface area contributed by atoms with E-state index in [2.05, 4.69) is 0 Å². The first-order chi connectivity index (χ1) is 14.7. The predicted molar refractivity (Wildman–Crippen MR) is 113 cm³/mol. The number of aromatic nitrogens is 2. The maximum absolute atomic E-state index is 14.6. The molecule has 0 spiro atoms. The minimum atomic E-state index is -1.93. The van der Waals surface area contributed by atoms with Gasteiger partial charge >= 0.3 is 5.97 Å². The number of hydrogen-bond donors (Lipinski definition) is 2. The fraction of sp³-hybridized carbons (Fsp3) is 0.318. The first-order valence-electron chi connectivity index (χ1n) is 10.3. The highest BCUT2D eigenvalue weighted by Crippen LogP contribution is 2.44. The van der Waals surface area contributed by atoms with Gasteiger partial charge in [0.2, 0.25) is 0 Å². The van der Waals surface area contributed by atoms with Gasteiger partial charge in [0.15, 0.2) is 7.85 Å². The van der Waals surface area contributed by atoms with Gasteiger partial charge < -0.3 is 20.1 Å². The molecule has 4 heterocycles. The summed E-state index contributed by atoms with van der Waals surface area (Å²) in [6.45, 7) is 1.87. The molecule has 7 nitrogen and oxygen atoms in total. The van der Waals surface area contributed by atoms with Crippen molar-refractivity contribution < 1.29 is 19.0 Å². The van der Waals surface area contributed by atoms with Gasteiger partial charge in [-0.25, -0.2) is 14.2 Å². The Morgan fingerprint density at radius 2 is 2.10 bits per heavy atom. The van der Waals surface area contributed by atoms with Gasteiger partial charge in [-0.3, -0.25) is 4.79 Å². The molecule has 3 aliphatic rings. The van der Waals surface area contributed by atoms with Gasteiger partial charge in [0.05, 0.1) is 29.0 Å². The lowest BCUT2D eigenvalue weighted by Crippen LogP contribution is -2.45. The Hall–Kier alpha value is -3.04. The standard InChI is InChI=1S/C22H19BFN3O4/c1-8-9-2-3-14(25)17-10-6-27-16(19(10)26-15(18(9)17)5-13(8)24)4-12-11(20(27)28)7-31-21(29)22(12,23)30/h4-5,14,30H,2-3,6-7,23,25H2,1H3/t14-,22-/m0/s1. The molecule has 0 saturated heterocycles. The van der Waals surface area contributed by atoms with Crippen LogP contribution in [0.2, 0.25) is 0 Å². The zero-order valence-electron chi connectivity index (χ0n) is 17.1. The quantitative estimate of drug-likeness (QED) is 0.320. The summed E-state index contributed by atoms with van der Waals surface area (Å²) in [6.07, 6.45) is 1.36. The lowest BCUT2D eigenvalue weighted by Gasteiger charge is -2.29. The summed E-state index contributed by atoms with van der Waals surface area (Å²) in [5, 5.41) is 11.6. The van der Waals surface area contributed by atoms with Gasteiger partial charge in [-0.05, 0) is 48.1 Å². The lowest BCUT2D eigenvalue weighted by atomic mass is 9.73. The zero-order valence-corrected chi connectivity index (χ0v) is 17.1. The van der Waals surface area contributed by atoms with Crippen molar-refractivity contribution in [2.45, 2.75) is 44.5 Å². The number of nitrogens with two attached hydrogens (primary N) is 1. The van der Waals surface area contributed by atoms with Crippen molar-refractivity contribution in [2.75, 3.05) is 0 Å². The van der Waals surface area contributed by atoms with Crippen LogP contribution in [-0.4, -0.2) is 28.5 Å². The van der Waals surface area contributed by atoms with Crippen LogP contribution in [-0.2, 0) is 34.6 Å². The molecule has 0 fully saturated rings. The molecule has 0 bridgehead atoms. The molecular weight excluding hydrogens is 400 g/mol. The molecule has 3 N–H and O–H groups in total. The largest absolute Gasteiger partial charge is 0.459 e. The average Bonchev–Trinajstić information content (AvgIpc) is 3.09. The number of rotatable bonds is 0. The highest BCUT2D eigenvalue weighted by atomic mass is 19.1. The number of fused-ring (bicyclic) bond motifs is 5. The van der Waals surface area contributed by atoms with E-state index in [0.29, 0.717) is 35.3 Å². The van der Waals surface area contributed by atoms with E-state index in [1.807, 2.05) is 0 Å². The Morgan fingerprint density at radius 3 is 2.87 bits per heavy atom. The Labute approximate surface area is 177 Å². The molecule has 0 unspecified atom stereocenters. The summed E-state index contributed by atoms with van der Waals surface area (Å²) in [5.74, 6) is -1.11. The van der Waals surface area contributed by atoms with Crippen LogP contribution in [0.1, 0.15) is 45.8 Å². The van der Waals surface area contributed by atoms with E-state index in [-0.39, 0.29) is 41.7 Å². The molecule has 156 valence electrons. The van der Waals surface area contributed by atoms with Crippen molar-refractivity contribution in [3.8, 4) is 11.4 Å². The van der Waals surface area contributed by atoms with Crippen LogP contribution in [0, 0.1) is 12.7 Å². The van der Waals surface area contributed by atoms with Crippen molar-refractivity contribution >= 4 is 24.7 Å². The van der Waals surface area contributed by atoms with Gasteiger partial charge in [-0.2, -0.15) is 0 Å². The van der Waals surface area contributed by atoms with E-state index in [1.54, 1.807) is 17.6 Å². The number of carbonyl (C=O) groups is 1. The number of pyridine rings is 2. The van der Waals surface area contributed by atoms with Crippen molar-refractivity contribution in [3.63, 3.8) is 0 Å². The molecule has 2 aliphatic heterocycles. The Bertz CT molecular complexity index is 1430. The molecule has 0 radical (unpaired) electrons. The molecule has 0 saturated carbocycles. The van der Waals surface area contributed by atoms with Crippen molar-refractivity contribution in [1.29, 1.82) is 0 Å². The molecule has 9 heteroatoms. The van der Waals surface area contributed by atoms with Gasteiger partial charge in [0.25, 0.3) is 5.56 Å². The highest BCUT2D eigenvalue weighted by molar-refractivity contribution is 6.26. The van der Waals surface area contributed by atoms with E-state index < -0.39 is 11.5 Å². The first-order valence-corrected chi connectivity index (χ1v) is 10.3. The molecule has 1 aliphatic carbocycles. The summed E-state index contributed by atoms with van der Waals surface area (Å²) in [7, 11) is 1.32. The highest BCUT2D eigenvalue weighted by Gasteiger charge is 2.43. The van der Waals surface area contributed by atoms with Crippen molar-refractivity contribution in [2.24, 2.45) is 5.73 Å². The number of esters is 1. The Balaban J connectivity index is 1.71. The third-order valence-electron chi connectivity index (χ3n) is 7.05. The molecule has 2 aromatic heterocycles. The lowest BCUT2D eigenvalue weighted by molar-refractivity contribution is -0.162. The SMILES string of the molecule is B[C@@]1(O)C(=O)OCc2c1cc1n(c2=O)Cc2c-1nc1cc(F)c(C)c3c1c2[C@@H](N)CC3. The van der Waals surface area contributed by atoms with Gasteiger partial charge in [-0.15, -0.1) is 0 Å².